The van der Waals surface area contributed by atoms with Gasteiger partial charge in [0, 0.05) is 19.1 Å². The number of amides is 2. The van der Waals surface area contributed by atoms with Crippen LogP contribution in [0.25, 0.3) is 0 Å². The van der Waals surface area contributed by atoms with Crippen LogP contribution in [0.2, 0.25) is 0 Å². The third-order valence-corrected chi connectivity index (χ3v) is 4.87. The topological polar surface area (TPSA) is 62.6 Å². The van der Waals surface area contributed by atoms with E-state index < -0.39 is 0 Å². The first-order valence-electron chi connectivity index (χ1n) is 8.38. The Kier molecular flexibility index (Phi) is 4.80. The summed E-state index contributed by atoms with van der Waals surface area (Å²) < 4.78 is 5.05. The predicted octanol–water partition coefficient (Wildman–Crippen LogP) is 2.58. The molecule has 1 aliphatic carbocycles. The van der Waals surface area contributed by atoms with E-state index in [2.05, 4.69) is 5.32 Å². The van der Waals surface area contributed by atoms with E-state index in [9.17, 15) is 9.59 Å². The number of rotatable bonds is 1. The number of fused-ring (bicyclic) bond motifs is 1. The van der Waals surface area contributed by atoms with Crippen LogP contribution in [0.1, 0.15) is 55.3 Å². The third-order valence-electron chi connectivity index (χ3n) is 4.87. The zero-order chi connectivity index (χ0) is 15.4. The molecule has 1 aliphatic heterocycles. The van der Waals surface area contributed by atoms with Gasteiger partial charge in [-0.05, 0) is 31.7 Å². The number of carbonyl (C=O) groups is 2. The summed E-state index contributed by atoms with van der Waals surface area (Å²) in [6.07, 6.45) is 10.1. The van der Waals surface area contributed by atoms with Crippen LogP contribution in [-0.4, -0.2) is 35.8 Å². The lowest BCUT2D eigenvalue weighted by molar-refractivity contribution is -0.126. The molecule has 1 aromatic rings. The summed E-state index contributed by atoms with van der Waals surface area (Å²) >= 11 is 0. The molecule has 5 heteroatoms. The molecule has 2 heterocycles. The van der Waals surface area contributed by atoms with Gasteiger partial charge in [0.25, 0.3) is 5.91 Å². The molecule has 1 saturated heterocycles. The number of nitrogens with one attached hydrogen (secondary N) is 1. The van der Waals surface area contributed by atoms with Gasteiger partial charge >= 0.3 is 0 Å². The number of hydrogen-bond donors (Lipinski definition) is 1. The summed E-state index contributed by atoms with van der Waals surface area (Å²) in [5, 5.41) is 3.05. The predicted molar refractivity (Wildman–Crippen MR) is 82.4 cm³/mol. The second kappa shape index (κ2) is 6.99. The standard InChI is InChI=1S/C17H24N2O3/c20-16-14-6-5-7-15(14)19(10-4-2-1-3-9-18-16)17(21)13-8-11-22-12-13/h8,11-12,14-15H,1-7,9-10H2,(H,18,20). The lowest BCUT2D eigenvalue weighted by Gasteiger charge is -2.32. The maximum Gasteiger partial charge on any atom is 0.257 e. The van der Waals surface area contributed by atoms with Gasteiger partial charge in [0.1, 0.15) is 6.26 Å². The summed E-state index contributed by atoms with van der Waals surface area (Å²) in [7, 11) is 0. The average molecular weight is 304 g/mol. The normalized spacial score (nSPS) is 26.9. The Morgan fingerprint density at radius 2 is 2.05 bits per heavy atom. The van der Waals surface area contributed by atoms with Crippen molar-refractivity contribution in [1.82, 2.24) is 10.2 Å². The Hall–Kier alpha value is -1.78. The molecule has 22 heavy (non-hydrogen) atoms. The molecule has 1 saturated carbocycles. The van der Waals surface area contributed by atoms with E-state index in [4.69, 9.17) is 4.42 Å². The molecule has 2 amide bonds. The Labute approximate surface area is 131 Å². The lowest BCUT2D eigenvalue weighted by Crippen LogP contribution is -2.47. The maximum atomic E-state index is 12.8. The molecule has 0 bridgehead atoms. The third kappa shape index (κ3) is 3.18. The van der Waals surface area contributed by atoms with Gasteiger partial charge in [-0.2, -0.15) is 0 Å². The second-order valence-corrected chi connectivity index (χ2v) is 6.32. The molecule has 2 fully saturated rings. The highest BCUT2D eigenvalue weighted by molar-refractivity contribution is 5.94. The monoisotopic (exact) mass is 304 g/mol. The summed E-state index contributed by atoms with van der Waals surface area (Å²) in [5.74, 6) is 0.0565. The van der Waals surface area contributed by atoms with Crippen LogP contribution in [0.5, 0.6) is 0 Å². The van der Waals surface area contributed by atoms with Crippen LogP contribution in [0.3, 0.4) is 0 Å². The summed E-state index contributed by atoms with van der Waals surface area (Å²) in [5.41, 5.74) is 0.584. The quantitative estimate of drug-likeness (QED) is 0.867. The van der Waals surface area contributed by atoms with Gasteiger partial charge in [-0.1, -0.05) is 19.3 Å². The lowest BCUT2D eigenvalue weighted by atomic mass is 10.00. The number of hydrogen-bond acceptors (Lipinski definition) is 3. The van der Waals surface area contributed by atoms with Crippen molar-refractivity contribution in [1.29, 1.82) is 0 Å². The maximum absolute atomic E-state index is 12.8. The van der Waals surface area contributed by atoms with Crippen LogP contribution in [0.4, 0.5) is 0 Å². The van der Waals surface area contributed by atoms with E-state index in [0.29, 0.717) is 5.56 Å². The van der Waals surface area contributed by atoms with Gasteiger partial charge in [-0.25, -0.2) is 0 Å². The molecule has 1 aromatic heterocycles. The van der Waals surface area contributed by atoms with Gasteiger partial charge < -0.3 is 14.6 Å². The summed E-state index contributed by atoms with van der Waals surface area (Å²) in [6, 6.07) is 1.73. The minimum absolute atomic E-state index is 0.00213. The van der Waals surface area contributed by atoms with E-state index >= 15 is 0 Å². The Morgan fingerprint density at radius 3 is 2.86 bits per heavy atom. The zero-order valence-electron chi connectivity index (χ0n) is 12.9. The van der Waals surface area contributed by atoms with Gasteiger partial charge in [-0.3, -0.25) is 9.59 Å². The van der Waals surface area contributed by atoms with Crippen molar-refractivity contribution in [2.45, 2.75) is 51.0 Å². The Balaban J connectivity index is 1.82. The Morgan fingerprint density at radius 1 is 1.18 bits per heavy atom. The van der Waals surface area contributed by atoms with Gasteiger partial charge in [0.05, 0.1) is 17.7 Å². The van der Waals surface area contributed by atoms with E-state index in [-0.39, 0.29) is 23.8 Å². The van der Waals surface area contributed by atoms with E-state index in [1.807, 2.05) is 4.90 Å². The van der Waals surface area contributed by atoms with Crippen molar-refractivity contribution < 1.29 is 14.0 Å². The molecule has 5 nitrogen and oxygen atoms in total. The van der Waals surface area contributed by atoms with E-state index in [1.54, 1.807) is 6.07 Å². The van der Waals surface area contributed by atoms with Gasteiger partial charge in [0.15, 0.2) is 0 Å². The molecule has 0 aromatic carbocycles. The average Bonchev–Trinajstić information content (AvgIpc) is 3.19. The summed E-state index contributed by atoms with van der Waals surface area (Å²) in [6.45, 7) is 1.50. The number of furan rings is 1. The number of carbonyl (C=O) groups excluding carboxylic acids is 2. The molecular weight excluding hydrogens is 280 g/mol. The molecule has 2 atom stereocenters. The molecule has 120 valence electrons. The first-order chi connectivity index (χ1) is 10.8. The zero-order valence-corrected chi connectivity index (χ0v) is 12.9. The minimum Gasteiger partial charge on any atom is -0.472 e. The molecule has 0 radical (unpaired) electrons. The summed E-state index contributed by atoms with van der Waals surface area (Å²) in [4.78, 5) is 27.1. The highest BCUT2D eigenvalue weighted by atomic mass is 16.3. The fourth-order valence-corrected chi connectivity index (χ4v) is 3.69. The molecule has 2 aliphatic rings. The molecule has 1 N–H and O–H groups in total. The van der Waals surface area contributed by atoms with Crippen molar-refractivity contribution in [3.63, 3.8) is 0 Å². The van der Waals surface area contributed by atoms with Gasteiger partial charge in [0.2, 0.25) is 5.91 Å². The minimum atomic E-state index is -0.0612. The fourth-order valence-electron chi connectivity index (χ4n) is 3.69. The highest BCUT2D eigenvalue weighted by Gasteiger charge is 2.39. The second-order valence-electron chi connectivity index (χ2n) is 6.32. The van der Waals surface area contributed by atoms with Crippen LogP contribution < -0.4 is 5.32 Å². The fraction of sp³-hybridized carbons (Fsp3) is 0.647. The first-order valence-corrected chi connectivity index (χ1v) is 8.38. The first kappa shape index (κ1) is 15.1. The van der Waals surface area contributed by atoms with Crippen LogP contribution >= 0.6 is 0 Å². The van der Waals surface area contributed by atoms with Crippen LogP contribution in [0, 0.1) is 5.92 Å². The molecule has 2 unspecified atom stereocenters. The largest absolute Gasteiger partial charge is 0.472 e. The Bertz CT molecular complexity index is 512. The molecule has 3 rings (SSSR count). The van der Waals surface area contributed by atoms with Crippen LogP contribution in [-0.2, 0) is 4.79 Å². The van der Waals surface area contributed by atoms with E-state index in [0.717, 1.165) is 58.0 Å². The van der Waals surface area contributed by atoms with Crippen molar-refractivity contribution in [3.8, 4) is 0 Å². The van der Waals surface area contributed by atoms with Crippen molar-refractivity contribution >= 4 is 11.8 Å². The highest BCUT2D eigenvalue weighted by Crippen LogP contribution is 2.32. The van der Waals surface area contributed by atoms with E-state index in [1.165, 1.54) is 12.5 Å². The van der Waals surface area contributed by atoms with Crippen molar-refractivity contribution in [2.75, 3.05) is 13.1 Å². The smallest absolute Gasteiger partial charge is 0.257 e. The molecular formula is C17H24N2O3. The van der Waals surface area contributed by atoms with Crippen LogP contribution in [0.15, 0.2) is 23.0 Å². The molecule has 0 spiro atoms. The van der Waals surface area contributed by atoms with Gasteiger partial charge in [-0.15, -0.1) is 0 Å². The van der Waals surface area contributed by atoms with Crippen molar-refractivity contribution in [3.05, 3.63) is 24.2 Å². The van der Waals surface area contributed by atoms with Crippen molar-refractivity contribution in [2.24, 2.45) is 5.92 Å². The number of nitrogens with zero attached hydrogens (tertiary/aromatic N) is 1. The SMILES string of the molecule is O=C1NCCCCCCN(C(=O)c2ccoc2)C2CCCC12.